The van der Waals surface area contributed by atoms with E-state index in [-0.39, 0.29) is 17.8 Å². The summed E-state index contributed by atoms with van der Waals surface area (Å²) in [5, 5.41) is 13.3. The number of nitrogens with two attached hydrogens (primary N) is 1. The number of pyridine rings is 1. The summed E-state index contributed by atoms with van der Waals surface area (Å²) in [6.07, 6.45) is 8.80. The first-order chi connectivity index (χ1) is 10.2. The normalized spacial score (nSPS) is 15.8. The third-order valence-electron chi connectivity index (χ3n) is 3.64. The molecule has 0 bridgehead atoms. The number of carbonyl (C=O) groups is 1. The van der Waals surface area contributed by atoms with Crippen LogP contribution in [0.1, 0.15) is 41.6 Å². The molecule has 0 aliphatic heterocycles. The van der Waals surface area contributed by atoms with Gasteiger partial charge in [0.25, 0.3) is 5.91 Å². The summed E-state index contributed by atoms with van der Waals surface area (Å²) in [5.41, 5.74) is 7.50. The number of hydrogen-bond acceptors (Lipinski definition) is 5. The Labute approximate surface area is 124 Å². The van der Waals surface area contributed by atoms with Crippen LogP contribution in [0.25, 0.3) is 5.57 Å². The number of anilines is 1. The van der Waals surface area contributed by atoms with E-state index in [0.29, 0.717) is 16.7 Å². The van der Waals surface area contributed by atoms with Crippen LogP contribution in [0.2, 0.25) is 0 Å². The van der Waals surface area contributed by atoms with Crippen molar-refractivity contribution in [2.45, 2.75) is 31.7 Å². The molecule has 0 atom stereocenters. The van der Waals surface area contributed by atoms with Crippen LogP contribution in [-0.2, 0) is 0 Å². The van der Waals surface area contributed by atoms with Crippen molar-refractivity contribution in [1.82, 2.24) is 15.6 Å². The molecular formula is C15H21N5O. The maximum Gasteiger partial charge on any atom is 0.255 e. The van der Waals surface area contributed by atoms with Crippen molar-refractivity contribution in [2.75, 3.05) is 12.8 Å². The van der Waals surface area contributed by atoms with Gasteiger partial charge in [0.1, 0.15) is 5.82 Å². The molecule has 0 spiro atoms. The Balaban J connectivity index is 2.23. The first-order valence-corrected chi connectivity index (χ1v) is 7.10. The fourth-order valence-electron chi connectivity index (χ4n) is 2.51. The second-order valence-corrected chi connectivity index (χ2v) is 5.14. The van der Waals surface area contributed by atoms with Gasteiger partial charge in [0, 0.05) is 42.8 Å². The summed E-state index contributed by atoms with van der Waals surface area (Å²) in [4.78, 5) is 16.4. The van der Waals surface area contributed by atoms with Gasteiger partial charge in [-0.05, 0) is 18.9 Å². The third-order valence-corrected chi connectivity index (χ3v) is 3.64. The standard InChI is InChI=1S/C15H21N5O/c1-18-8-11(7-16)10-6-13(14(17)19-9-10)15(21)20-12-4-2-3-5-12/h6-9,12,16,18H,2-5H2,1H3,(H2,17,19)(H,20,21)/b11-8+,16-7?. The Bertz CT molecular complexity index is 561. The smallest absolute Gasteiger partial charge is 0.255 e. The van der Waals surface area contributed by atoms with E-state index in [0.717, 1.165) is 25.7 Å². The molecule has 6 nitrogen and oxygen atoms in total. The third kappa shape index (κ3) is 3.59. The Kier molecular flexibility index (Phi) is 4.92. The lowest BCUT2D eigenvalue weighted by Gasteiger charge is -2.13. The molecule has 1 saturated carbocycles. The van der Waals surface area contributed by atoms with Gasteiger partial charge in [-0.25, -0.2) is 4.98 Å². The molecule has 1 heterocycles. The number of nitrogens with zero attached hydrogens (tertiary/aromatic N) is 1. The Morgan fingerprint density at radius 2 is 2.19 bits per heavy atom. The molecule has 1 aliphatic rings. The van der Waals surface area contributed by atoms with Crippen molar-refractivity contribution in [3.63, 3.8) is 0 Å². The zero-order valence-electron chi connectivity index (χ0n) is 12.1. The summed E-state index contributed by atoms with van der Waals surface area (Å²) in [6, 6.07) is 1.91. The van der Waals surface area contributed by atoms with Gasteiger partial charge < -0.3 is 21.8 Å². The van der Waals surface area contributed by atoms with Gasteiger partial charge >= 0.3 is 0 Å². The lowest BCUT2D eigenvalue weighted by molar-refractivity contribution is 0.0938. The number of aromatic nitrogens is 1. The average Bonchev–Trinajstić information content (AvgIpc) is 2.98. The molecule has 0 saturated heterocycles. The van der Waals surface area contributed by atoms with Crippen LogP contribution in [0, 0.1) is 5.41 Å². The minimum atomic E-state index is -0.192. The van der Waals surface area contributed by atoms with Crippen molar-refractivity contribution < 1.29 is 4.79 Å². The van der Waals surface area contributed by atoms with Crippen molar-refractivity contribution in [2.24, 2.45) is 0 Å². The summed E-state index contributed by atoms with van der Waals surface area (Å²) >= 11 is 0. The van der Waals surface area contributed by atoms with Crippen LogP contribution < -0.4 is 16.4 Å². The average molecular weight is 287 g/mol. The first-order valence-electron chi connectivity index (χ1n) is 7.10. The molecule has 1 aromatic heterocycles. The van der Waals surface area contributed by atoms with Crippen LogP contribution in [0.15, 0.2) is 18.5 Å². The van der Waals surface area contributed by atoms with Crippen LogP contribution in [0.5, 0.6) is 0 Å². The number of allylic oxidation sites excluding steroid dienone is 1. The Morgan fingerprint density at radius 3 is 2.81 bits per heavy atom. The van der Waals surface area contributed by atoms with E-state index >= 15 is 0 Å². The molecule has 1 amide bonds. The number of rotatable bonds is 5. The Hall–Kier alpha value is -2.37. The van der Waals surface area contributed by atoms with E-state index in [4.69, 9.17) is 11.1 Å². The van der Waals surface area contributed by atoms with Gasteiger partial charge in [0.15, 0.2) is 0 Å². The SMILES string of the molecule is CN/C=C(\C=N)c1cnc(N)c(C(=O)NC2CCCC2)c1. The fourth-order valence-corrected chi connectivity index (χ4v) is 2.51. The van der Waals surface area contributed by atoms with Crippen molar-refractivity contribution in [3.05, 3.63) is 29.6 Å². The second kappa shape index (κ2) is 6.88. The molecule has 1 aromatic rings. The largest absolute Gasteiger partial charge is 0.393 e. The molecule has 0 aromatic carbocycles. The zero-order valence-corrected chi connectivity index (χ0v) is 12.1. The summed E-state index contributed by atoms with van der Waals surface area (Å²) in [6.45, 7) is 0. The van der Waals surface area contributed by atoms with Gasteiger partial charge in [-0.3, -0.25) is 4.79 Å². The van der Waals surface area contributed by atoms with Crippen molar-refractivity contribution in [3.8, 4) is 0 Å². The summed E-state index contributed by atoms with van der Waals surface area (Å²) in [7, 11) is 1.75. The molecule has 2 rings (SSSR count). The van der Waals surface area contributed by atoms with Crippen molar-refractivity contribution >= 4 is 23.5 Å². The van der Waals surface area contributed by atoms with E-state index in [9.17, 15) is 4.79 Å². The van der Waals surface area contributed by atoms with Crippen LogP contribution >= 0.6 is 0 Å². The van der Waals surface area contributed by atoms with E-state index < -0.39 is 0 Å². The molecule has 112 valence electrons. The van der Waals surface area contributed by atoms with Crippen LogP contribution in [0.3, 0.4) is 0 Å². The lowest BCUT2D eigenvalue weighted by atomic mass is 10.1. The minimum absolute atomic E-state index is 0.192. The topological polar surface area (TPSA) is 104 Å². The minimum Gasteiger partial charge on any atom is -0.393 e. The second-order valence-electron chi connectivity index (χ2n) is 5.14. The van der Waals surface area contributed by atoms with Gasteiger partial charge in [0.05, 0.1) is 5.56 Å². The van der Waals surface area contributed by atoms with Crippen LogP contribution in [0.4, 0.5) is 5.82 Å². The molecular weight excluding hydrogens is 266 g/mol. The quantitative estimate of drug-likeness (QED) is 0.617. The molecule has 1 fully saturated rings. The van der Waals surface area contributed by atoms with E-state index in [2.05, 4.69) is 15.6 Å². The van der Waals surface area contributed by atoms with E-state index in [1.807, 2.05) is 0 Å². The van der Waals surface area contributed by atoms with E-state index in [1.165, 1.54) is 6.21 Å². The first kappa shape index (κ1) is 15.0. The monoisotopic (exact) mass is 287 g/mol. The highest BCUT2D eigenvalue weighted by Gasteiger charge is 2.20. The molecule has 0 unspecified atom stereocenters. The highest BCUT2D eigenvalue weighted by atomic mass is 16.1. The highest BCUT2D eigenvalue weighted by molar-refractivity contribution is 6.09. The molecule has 1 aliphatic carbocycles. The number of nitrogen functional groups attached to an aromatic ring is 1. The molecule has 6 heteroatoms. The maximum atomic E-state index is 12.3. The van der Waals surface area contributed by atoms with Crippen molar-refractivity contribution in [1.29, 1.82) is 5.41 Å². The van der Waals surface area contributed by atoms with Gasteiger partial charge in [-0.15, -0.1) is 0 Å². The zero-order chi connectivity index (χ0) is 15.2. The Morgan fingerprint density at radius 1 is 1.48 bits per heavy atom. The predicted octanol–water partition coefficient (Wildman–Crippen LogP) is 1.55. The summed E-state index contributed by atoms with van der Waals surface area (Å²) < 4.78 is 0. The number of hydrogen-bond donors (Lipinski definition) is 4. The number of carbonyl (C=O) groups excluding carboxylic acids is 1. The van der Waals surface area contributed by atoms with Gasteiger partial charge in [-0.1, -0.05) is 12.8 Å². The van der Waals surface area contributed by atoms with Crippen LogP contribution in [-0.4, -0.2) is 30.2 Å². The van der Waals surface area contributed by atoms with Gasteiger partial charge in [-0.2, -0.15) is 0 Å². The predicted molar refractivity (Wildman–Crippen MR) is 84.2 cm³/mol. The molecule has 21 heavy (non-hydrogen) atoms. The van der Waals surface area contributed by atoms with E-state index in [1.54, 1.807) is 25.5 Å². The van der Waals surface area contributed by atoms with Gasteiger partial charge in [0.2, 0.25) is 0 Å². The number of amides is 1. The lowest BCUT2D eigenvalue weighted by Crippen LogP contribution is -2.33. The summed E-state index contributed by atoms with van der Waals surface area (Å²) in [5.74, 6) is 0.0190. The molecule has 5 N–H and O–H groups in total. The highest BCUT2D eigenvalue weighted by Crippen LogP contribution is 2.20. The number of nitrogens with one attached hydrogen (secondary N) is 3. The fraction of sp³-hybridized carbons (Fsp3) is 0.400. The molecule has 0 radical (unpaired) electrons. The maximum absolute atomic E-state index is 12.3.